The van der Waals surface area contributed by atoms with Crippen LogP contribution in [0.25, 0.3) is 11.1 Å². The zero-order valence-electron chi connectivity index (χ0n) is 16.2. The second-order valence-electron chi connectivity index (χ2n) is 6.38. The van der Waals surface area contributed by atoms with Crippen molar-refractivity contribution in [3.63, 3.8) is 0 Å². The van der Waals surface area contributed by atoms with Crippen molar-refractivity contribution in [3.05, 3.63) is 76.0 Å². The highest BCUT2D eigenvalue weighted by Gasteiger charge is 2.14. The summed E-state index contributed by atoms with van der Waals surface area (Å²) in [6.07, 6.45) is 0.500. The number of carbonyl (C=O) groups excluding carboxylic acids is 2. The number of amides is 2. The Bertz CT molecular complexity index is 1040. The number of ether oxygens (including phenoxy) is 1. The van der Waals surface area contributed by atoms with Crippen LogP contribution in [0.4, 0.5) is 8.78 Å². The fourth-order valence-electron chi connectivity index (χ4n) is 2.81. The first-order valence-electron chi connectivity index (χ1n) is 9.23. The molecule has 0 bridgehead atoms. The molecule has 0 saturated heterocycles. The van der Waals surface area contributed by atoms with Gasteiger partial charge in [0, 0.05) is 24.7 Å². The van der Waals surface area contributed by atoms with Crippen LogP contribution in [0.1, 0.15) is 26.5 Å². The largest absolute Gasteiger partial charge is 0.497 e. The molecular formula is C22H20F2N2O3S. The quantitative estimate of drug-likeness (QED) is 0.525. The minimum Gasteiger partial charge on any atom is -0.497 e. The highest BCUT2D eigenvalue weighted by Crippen LogP contribution is 2.27. The summed E-state index contributed by atoms with van der Waals surface area (Å²) in [6.45, 7) is 0.660. The van der Waals surface area contributed by atoms with Crippen LogP contribution in [0.2, 0.25) is 0 Å². The molecule has 1 heterocycles. The smallest absolute Gasteiger partial charge is 0.261 e. The van der Waals surface area contributed by atoms with E-state index < -0.39 is 17.5 Å². The summed E-state index contributed by atoms with van der Waals surface area (Å²) in [6, 6.07) is 11.7. The Labute approximate surface area is 176 Å². The third-order valence-corrected chi connectivity index (χ3v) is 5.24. The molecule has 2 N–H and O–H groups in total. The molecule has 2 amide bonds. The number of thiophene rings is 1. The van der Waals surface area contributed by atoms with E-state index in [1.165, 1.54) is 42.7 Å². The molecule has 1 aromatic heterocycles. The molecule has 0 spiro atoms. The van der Waals surface area contributed by atoms with Crippen molar-refractivity contribution in [3.8, 4) is 16.9 Å². The van der Waals surface area contributed by atoms with E-state index in [1.54, 1.807) is 18.2 Å². The molecule has 0 aliphatic carbocycles. The van der Waals surface area contributed by atoms with E-state index in [0.29, 0.717) is 29.2 Å². The molecule has 5 nitrogen and oxygen atoms in total. The number of carbonyl (C=O) groups is 2. The first-order valence-corrected chi connectivity index (χ1v) is 10.1. The highest BCUT2D eigenvalue weighted by molar-refractivity contribution is 7.12. The van der Waals surface area contributed by atoms with Gasteiger partial charge >= 0.3 is 0 Å². The maximum absolute atomic E-state index is 14.4. The number of rotatable bonds is 8. The molecular weight excluding hydrogens is 410 g/mol. The van der Waals surface area contributed by atoms with Crippen LogP contribution in [-0.4, -0.2) is 32.0 Å². The predicted molar refractivity (Wildman–Crippen MR) is 112 cm³/mol. The van der Waals surface area contributed by atoms with Crippen LogP contribution in [0.5, 0.6) is 5.75 Å². The predicted octanol–water partition coefficient (Wildman–Crippen LogP) is 4.25. The molecule has 0 unspecified atom stereocenters. The van der Waals surface area contributed by atoms with Crippen LogP contribution < -0.4 is 15.4 Å². The first kappa shape index (κ1) is 21.4. The van der Waals surface area contributed by atoms with Crippen molar-refractivity contribution in [2.24, 2.45) is 0 Å². The maximum atomic E-state index is 14.4. The summed E-state index contributed by atoms with van der Waals surface area (Å²) >= 11 is 1.35. The average molecular weight is 430 g/mol. The van der Waals surface area contributed by atoms with Gasteiger partial charge in [0.05, 0.1) is 17.6 Å². The van der Waals surface area contributed by atoms with E-state index in [0.717, 1.165) is 6.07 Å². The van der Waals surface area contributed by atoms with E-state index in [-0.39, 0.29) is 23.6 Å². The van der Waals surface area contributed by atoms with Crippen LogP contribution in [-0.2, 0) is 0 Å². The lowest BCUT2D eigenvalue weighted by atomic mass is 10.0. The van der Waals surface area contributed by atoms with Crippen LogP contribution in [0, 0.1) is 11.6 Å². The lowest BCUT2D eigenvalue weighted by molar-refractivity contribution is 0.0949. The van der Waals surface area contributed by atoms with Crippen LogP contribution >= 0.6 is 11.3 Å². The molecule has 3 rings (SSSR count). The van der Waals surface area contributed by atoms with Gasteiger partial charge in [0.15, 0.2) is 0 Å². The molecule has 3 aromatic rings. The Morgan fingerprint density at radius 2 is 1.73 bits per heavy atom. The van der Waals surface area contributed by atoms with E-state index in [9.17, 15) is 18.4 Å². The Balaban J connectivity index is 1.53. The van der Waals surface area contributed by atoms with Crippen molar-refractivity contribution < 1.29 is 23.1 Å². The maximum Gasteiger partial charge on any atom is 0.261 e. The Morgan fingerprint density at radius 3 is 2.37 bits per heavy atom. The standard InChI is InChI=1S/C22H20F2N2O3S/c1-29-15-6-8-16(19(24)13-15)14-5-7-17(18(23)12-14)21(27)25-9-3-10-26-22(28)20-4-2-11-30-20/h2,4-8,11-13H,3,9-10H2,1H3,(H,25,27)(H,26,28). The fraction of sp³-hybridized carbons (Fsp3) is 0.182. The topological polar surface area (TPSA) is 67.4 Å². The van der Waals surface area contributed by atoms with Gasteiger partial charge < -0.3 is 15.4 Å². The molecule has 0 saturated carbocycles. The van der Waals surface area contributed by atoms with Crippen LogP contribution in [0.3, 0.4) is 0 Å². The molecule has 0 fully saturated rings. The Hall–Kier alpha value is -3.26. The van der Waals surface area contributed by atoms with Crippen molar-refractivity contribution >= 4 is 23.2 Å². The van der Waals surface area contributed by atoms with Crippen molar-refractivity contribution in [2.75, 3.05) is 20.2 Å². The number of benzene rings is 2. The molecule has 0 aliphatic heterocycles. The number of hydrogen-bond acceptors (Lipinski definition) is 4. The van der Waals surface area contributed by atoms with Crippen molar-refractivity contribution in [1.29, 1.82) is 0 Å². The second kappa shape index (κ2) is 9.98. The summed E-state index contributed by atoms with van der Waals surface area (Å²) in [5.74, 6) is -1.66. The van der Waals surface area contributed by atoms with Gasteiger partial charge in [-0.25, -0.2) is 8.78 Å². The third kappa shape index (κ3) is 5.21. The number of nitrogens with one attached hydrogen (secondary N) is 2. The zero-order valence-corrected chi connectivity index (χ0v) is 17.0. The molecule has 8 heteroatoms. The minimum atomic E-state index is -0.744. The zero-order chi connectivity index (χ0) is 21.5. The number of halogens is 2. The summed E-state index contributed by atoms with van der Waals surface area (Å²) in [5, 5.41) is 7.18. The van der Waals surface area contributed by atoms with Gasteiger partial charge in [-0.1, -0.05) is 12.1 Å². The van der Waals surface area contributed by atoms with Gasteiger partial charge in [-0.2, -0.15) is 0 Å². The summed E-state index contributed by atoms with van der Waals surface area (Å²) < 4.78 is 33.6. The van der Waals surface area contributed by atoms with E-state index in [1.807, 2.05) is 5.38 Å². The van der Waals surface area contributed by atoms with Crippen molar-refractivity contribution in [2.45, 2.75) is 6.42 Å². The monoisotopic (exact) mass is 430 g/mol. The fourth-order valence-corrected chi connectivity index (χ4v) is 3.45. The summed E-state index contributed by atoms with van der Waals surface area (Å²) in [7, 11) is 1.43. The average Bonchev–Trinajstić information content (AvgIpc) is 3.28. The molecule has 156 valence electrons. The van der Waals surface area contributed by atoms with Gasteiger partial charge in [-0.3, -0.25) is 9.59 Å². The lowest BCUT2D eigenvalue weighted by Crippen LogP contribution is -2.30. The van der Waals surface area contributed by atoms with Gasteiger partial charge in [-0.05, 0) is 47.7 Å². The SMILES string of the molecule is COc1ccc(-c2ccc(C(=O)NCCCNC(=O)c3cccs3)c(F)c2)c(F)c1. The highest BCUT2D eigenvalue weighted by atomic mass is 32.1. The van der Waals surface area contributed by atoms with E-state index in [4.69, 9.17) is 4.74 Å². The Morgan fingerprint density at radius 1 is 0.967 bits per heavy atom. The van der Waals surface area contributed by atoms with Crippen LogP contribution in [0.15, 0.2) is 53.9 Å². The number of hydrogen-bond donors (Lipinski definition) is 2. The first-order chi connectivity index (χ1) is 14.5. The Kier molecular flexibility index (Phi) is 7.13. The molecule has 2 aromatic carbocycles. The minimum absolute atomic E-state index is 0.129. The summed E-state index contributed by atoms with van der Waals surface area (Å²) in [4.78, 5) is 24.6. The number of methoxy groups -OCH3 is 1. The molecule has 0 aliphatic rings. The normalized spacial score (nSPS) is 10.5. The van der Waals surface area contributed by atoms with Gasteiger partial charge in [0.2, 0.25) is 0 Å². The van der Waals surface area contributed by atoms with E-state index >= 15 is 0 Å². The van der Waals surface area contributed by atoms with Gasteiger partial charge in [0.1, 0.15) is 17.4 Å². The third-order valence-electron chi connectivity index (χ3n) is 4.37. The van der Waals surface area contributed by atoms with Gasteiger partial charge in [0.25, 0.3) is 11.8 Å². The van der Waals surface area contributed by atoms with Gasteiger partial charge in [-0.15, -0.1) is 11.3 Å². The summed E-state index contributed by atoms with van der Waals surface area (Å²) in [5.41, 5.74) is 0.402. The lowest BCUT2D eigenvalue weighted by Gasteiger charge is -2.09. The molecule has 0 radical (unpaired) electrons. The molecule has 30 heavy (non-hydrogen) atoms. The second-order valence-corrected chi connectivity index (χ2v) is 7.33. The van der Waals surface area contributed by atoms with Crippen molar-refractivity contribution in [1.82, 2.24) is 10.6 Å². The van der Waals surface area contributed by atoms with E-state index in [2.05, 4.69) is 10.6 Å². The molecule has 0 atom stereocenters.